The molecule has 0 radical (unpaired) electrons. The highest BCUT2D eigenvalue weighted by molar-refractivity contribution is 6.12. The highest BCUT2D eigenvalue weighted by Gasteiger charge is 2.24. The van der Waals surface area contributed by atoms with E-state index in [1.54, 1.807) is 0 Å². The van der Waals surface area contributed by atoms with Gasteiger partial charge in [-0.2, -0.15) is 0 Å². The Bertz CT molecular complexity index is 1340. The van der Waals surface area contributed by atoms with Gasteiger partial charge in [0.1, 0.15) is 11.4 Å². The number of nitrogens with two attached hydrogens (primary N) is 2. The summed E-state index contributed by atoms with van der Waals surface area (Å²) in [5.74, 6) is 0.231. The third kappa shape index (κ3) is 4.79. The van der Waals surface area contributed by atoms with E-state index in [1.165, 1.54) is 11.3 Å². The number of H-pyrrole nitrogens is 1. The Morgan fingerprint density at radius 2 is 1.92 bits per heavy atom. The maximum atomic E-state index is 9.07. The molecule has 2 aromatic rings. The molecule has 6 N–H and O–H groups in total. The van der Waals surface area contributed by atoms with E-state index in [0.29, 0.717) is 22.8 Å². The molecule has 3 aliphatic rings. The minimum Gasteiger partial charge on any atom is -0.399 e. The summed E-state index contributed by atoms with van der Waals surface area (Å²) in [5, 5.41) is 9.07. The van der Waals surface area contributed by atoms with Crippen molar-refractivity contribution in [1.29, 1.82) is 5.41 Å². The first kappa shape index (κ1) is 23.9. The number of fused-ring (bicyclic) bond motifs is 1. The van der Waals surface area contributed by atoms with Gasteiger partial charge in [-0.3, -0.25) is 5.41 Å². The molecule has 36 heavy (non-hydrogen) atoms. The third-order valence-corrected chi connectivity index (χ3v) is 7.09. The first-order chi connectivity index (χ1) is 17.3. The second kappa shape index (κ2) is 9.66. The van der Waals surface area contributed by atoms with E-state index in [1.807, 2.05) is 24.3 Å². The summed E-state index contributed by atoms with van der Waals surface area (Å²) in [4.78, 5) is 13.2. The molecule has 5 rings (SSSR count). The number of pyridine rings is 1. The van der Waals surface area contributed by atoms with Crippen molar-refractivity contribution in [2.75, 3.05) is 39.0 Å². The average molecular weight is 482 g/mol. The van der Waals surface area contributed by atoms with Crippen LogP contribution in [-0.2, 0) is 6.42 Å². The molecule has 1 fully saturated rings. The first-order valence-electron chi connectivity index (χ1n) is 12.5. The normalized spacial score (nSPS) is 20.5. The molecule has 0 amide bonds. The Balaban J connectivity index is 1.50. The zero-order valence-corrected chi connectivity index (χ0v) is 21.3. The molecule has 1 atom stereocenters. The number of rotatable bonds is 4. The van der Waals surface area contributed by atoms with Gasteiger partial charge in [-0.05, 0) is 61.9 Å². The molecular weight excluding hydrogens is 446 g/mol. The lowest BCUT2D eigenvalue weighted by Gasteiger charge is -2.35. The molecular formula is C29H35N7. The standard InChI is InChI=1S/C29H35N7/c1-18-4-6-21(30)16-20(14-18)24-8-7-23(31)29(34-24)28(32)26-17-22-25(33-26)15-19(2)5-9-27(22)36-12-10-35(3)11-13-36/h4-9,14,16-18,32-33H,10-13,15,30-31H2,1-3H3/t18-/m0/s1. The van der Waals surface area contributed by atoms with Gasteiger partial charge in [0.15, 0.2) is 0 Å². The van der Waals surface area contributed by atoms with Crippen LogP contribution in [0.3, 0.4) is 0 Å². The number of aromatic nitrogens is 2. The largest absolute Gasteiger partial charge is 0.399 e. The fourth-order valence-electron chi connectivity index (χ4n) is 4.97. The predicted molar refractivity (Wildman–Crippen MR) is 148 cm³/mol. The monoisotopic (exact) mass is 481 g/mol. The van der Waals surface area contributed by atoms with Gasteiger partial charge in [0.25, 0.3) is 0 Å². The van der Waals surface area contributed by atoms with Gasteiger partial charge in [0.2, 0.25) is 0 Å². The predicted octanol–water partition coefficient (Wildman–Crippen LogP) is 3.93. The summed E-state index contributed by atoms with van der Waals surface area (Å²) in [6, 6.07) is 5.82. The number of aromatic amines is 1. The molecule has 7 heteroatoms. The number of nitrogens with zero attached hydrogens (tertiary/aromatic N) is 3. The molecule has 0 aromatic carbocycles. The molecule has 0 saturated carbocycles. The van der Waals surface area contributed by atoms with Crippen LogP contribution < -0.4 is 11.5 Å². The topological polar surface area (TPSA) is 111 Å². The second-order valence-corrected chi connectivity index (χ2v) is 10.1. The van der Waals surface area contributed by atoms with Gasteiger partial charge in [-0.25, -0.2) is 4.98 Å². The van der Waals surface area contributed by atoms with E-state index >= 15 is 0 Å². The van der Waals surface area contributed by atoms with E-state index in [4.69, 9.17) is 21.9 Å². The minimum absolute atomic E-state index is 0.231. The van der Waals surface area contributed by atoms with Crippen molar-refractivity contribution in [3.8, 4) is 0 Å². The van der Waals surface area contributed by atoms with E-state index < -0.39 is 0 Å². The minimum atomic E-state index is 0.231. The van der Waals surface area contributed by atoms with Crippen molar-refractivity contribution >= 4 is 22.7 Å². The van der Waals surface area contributed by atoms with Crippen molar-refractivity contribution in [1.82, 2.24) is 19.8 Å². The zero-order chi connectivity index (χ0) is 25.4. The fraction of sp³-hybridized carbons (Fsp3) is 0.310. The van der Waals surface area contributed by atoms with Crippen LogP contribution in [-0.4, -0.2) is 58.7 Å². The van der Waals surface area contributed by atoms with Crippen LogP contribution in [0.15, 0.2) is 65.9 Å². The highest BCUT2D eigenvalue weighted by Crippen LogP contribution is 2.31. The molecule has 3 heterocycles. The van der Waals surface area contributed by atoms with Crippen LogP contribution in [0.2, 0.25) is 0 Å². The quantitative estimate of drug-likeness (QED) is 0.495. The maximum Gasteiger partial charge on any atom is 0.114 e. The fourth-order valence-corrected chi connectivity index (χ4v) is 4.97. The number of allylic oxidation sites excluding steroid dienone is 8. The maximum absolute atomic E-state index is 9.07. The zero-order valence-electron chi connectivity index (χ0n) is 21.3. The Morgan fingerprint density at radius 3 is 2.69 bits per heavy atom. The molecule has 1 saturated heterocycles. The molecule has 0 bridgehead atoms. The summed E-state index contributed by atoms with van der Waals surface area (Å²) in [5.41, 5.74) is 21.6. The number of hydrogen-bond donors (Lipinski definition) is 4. The number of nitrogen functional groups attached to an aromatic ring is 1. The Kier molecular flexibility index (Phi) is 6.41. The second-order valence-electron chi connectivity index (χ2n) is 10.1. The van der Waals surface area contributed by atoms with E-state index in [2.05, 4.69) is 66.0 Å². The summed E-state index contributed by atoms with van der Waals surface area (Å²) in [7, 11) is 2.17. The summed E-state index contributed by atoms with van der Waals surface area (Å²) in [6.45, 7) is 8.32. The number of hydrogen-bond acceptors (Lipinski definition) is 6. The van der Waals surface area contributed by atoms with Crippen LogP contribution in [0.25, 0.3) is 11.3 Å². The first-order valence-corrected chi connectivity index (χ1v) is 12.5. The molecule has 0 spiro atoms. The van der Waals surface area contributed by atoms with Gasteiger partial charge in [0.05, 0.1) is 17.1 Å². The Hall–Kier alpha value is -3.84. The van der Waals surface area contributed by atoms with E-state index in [0.717, 1.165) is 60.8 Å². The Morgan fingerprint density at radius 1 is 1.14 bits per heavy atom. The lowest BCUT2D eigenvalue weighted by molar-refractivity contribution is 0.207. The summed E-state index contributed by atoms with van der Waals surface area (Å²) < 4.78 is 0. The molecule has 186 valence electrons. The number of piperazine rings is 1. The molecule has 0 unspecified atom stereocenters. The lowest BCUT2D eigenvalue weighted by Crippen LogP contribution is -2.43. The van der Waals surface area contributed by atoms with Crippen LogP contribution in [0.4, 0.5) is 5.69 Å². The van der Waals surface area contributed by atoms with Crippen LogP contribution >= 0.6 is 0 Å². The van der Waals surface area contributed by atoms with Gasteiger partial charge in [-0.15, -0.1) is 0 Å². The van der Waals surface area contributed by atoms with Crippen LogP contribution in [0.1, 0.15) is 42.2 Å². The third-order valence-electron chi connectivity index (χ3n) is 7.09. The van der Waals surface area contributed by atoms with E-state index in [9.17, 15) is 0 Å². The number of anilines is 1. The highest BCUT2D eigenvalue weighted by atomic mass is 15.3. The average Bonchev–Trinajstić information content (AvgIpc) is 3.09. The summed E-state index contributed by atoms with van der Waals surface area (Å²) in [6.07, 6.45) is 13.3. The van der Waals surface area contributed by atoms with Crippen molar-refractivity contribution in [3.63, 3.8) is 0 Å². The van der Waals surface area contributed by atoms with Crippen LogP contribution in [0, 0.1) is 11.3 Å². The molecule has 2 aliphatic carbocycles. The number of likely N-dealkylation sites (N-methyl/N-ethyl adjacent to an activating group) is 1. The molecule has 1 aliphatic heterocycles. The Labute approximate surface area is 213 Å². The van der Waals surface area contributed by atoms with Gasteiger partial charge >= 0.3 is 0 Å². The summed E-state index contributed by atoms with van der Waals surface area (Å²) >= 11 is 0. The van der Waals surface area contributed by atoms with Crippen molar-refractivity contribution in [3.05, 3.63) is 94.3 Å². The van der Waals surface area contributed by atoms with E-state index in [-0.39, 0.29) is 5.92 Å². The molecule has 2 aromatic heterocycles. The van der Waals surface area contributed by atoms with Crippen LogP contribution in [0.5, 0.6) is 0 Å². The SMILES string of the molecule is CC1=CC=C(N2CCN(C)CC2)c2cc(C(=N)c3nc(C4=C[C@@H](C)C=CC(N)=C4)ccc3N)[nH]c2C1. The molecule has 7 nitrogen and oxygen atoms in total. The van der Waals surface area contributed by atoms with Gasteiger partial charge in [0, 0.05) is 55.3 Å². The van der Waals surface area contributed by atoms with Crippen molar-refractivity contribution in [2.24, 2.45) is 11.7 Å². The van der Waals surface area contributed by atoms with Gasteiger partial charge < -0.3 is 26.3 Å². The van der Waals surface area contributed by atoms with Gasteiger partial charge in [-0.1, -0.05) is 30.7 Å². The number of nitrogens with one attached hydrogen (secondary N) is 2. The van der Waals surface area contributed by atoms with Crippen molar-refractivity contribution < 1.29 is 0 Å². The van der Waals surface area contributed by atoms with Crippen molar-refractivity contribution in [2.45, 2.75) is 20.3 Å². The lowest BCUT2D eigenvalue weighted by atomic mass is 10.0. The smallest absolute Gasteiger partial charge is 0.114 e.